The number of nitrogens with two attached hydrogens (primary N) is 1. The van der Waals surface area contributed by atoms with Crippen molar-refractivity contribution < 1.29 is 8.42 Å². The Balaban J connectivity index is 3.09. The molecule has 0 radical (unpaired) electrons. The average Bonchev–Trinajstić information content (AvgIpc) is 2.37. The van der Waals surface area contributed by atoms with E-state index in [0.29, 0.717) is 12.2 Å². The van der Waals surface area contributed by atoms with Gasteiger partial charge in [0.15, 0.2) is 0 Å². The first-order chi connectivity index (χ1) is 9.12. The highest BCUT2D eigenvalue weighted by atomic mass is 32.2. The van der Waals surface area contributed by atoms with E-state index in [1.54, 1.807) is 23.9 Å². The van der Waals surface area contributed by atoms with E-state index in [2.05, 4.69) is 19.2 Å². The van der Waals surface area contributed by atoms with Gasteiger partial charge in [-0.1, -0.05) is 6.07 Å². The Kier molecular flexibility index (Phi) is 5.34. The fourth-order valence-electron chi connectivity index (χ4n) is 1.50. The van der Waals surface area contributed by atoms with E-state index in [1.807, 2.05) is 6.26 Å². The Hall–Kier alpha value is -0.920. The summed E-state index contributed by atoms with van der Waals surface area (Å²) in [5.41, 5.74) is 6.91. The van der Waals surface area contributed by atoms with Gasteiger partial charge in [-0.2, -0.15) is 11.8 Å². The molecule has 1 rings (SSSR count). The Morgan fingerprint density at radius 1 is 1.35 bits per heavy atom. The van der Waals surface area contributed by atoms with Crippen LogP contribution in [-0.4, -0.2) is 44.4 Å². The molecule has 0 aliphatic rings. The second-order valence-corrected chi connectivity index (χ2v) is 8.96. The van der Waals surface area contributed by atoms with Gasteiger partial charge in [0, 0.05) is 25.4 Å². The van der Waals surface area contributed by atoms with Gasteiger partial charge in [-0.15, -0.1) is 0 Å². The van der Waals surface area contributed by atoms with Crippen LogP contribution in [0.25, 0.3) is 0 Å². The molecular formula is C13H23N3O2S2. The minimum absolute atomic E-state index is 0.0445. The maximum Gasteiger partial charge on any atom is 0.244 e. The van der Waals surface area contributed by atoms with Crippen LogP contribution in [-0.2, 0) is 10.0 Å². The third kappa shape index (κ3) is 3.80. The minimum atomic E-state index is -3.53. The second-order valence-electron chi connectivity index (χ2n) is 5.32. The van der Waals surface area contributed by atoms with E-state index < -0.39 is 10.0 Å². The maximum atomic E-state index is 12.2. The van der Waals surface area contributed by atoms with Crippen LogP contribution < -0.4 is 11.1 Å². The van der Waals surface area contributed by atoms with Crippen molar-refractivity contribution in [2.75, 3.05) is 37.9 Å². The maximum absolute atomic E-state index is 12.2. The molecule has 0 aliphatic heterocycles. The zero-order valence-corrected chi connectivity index (χ0v) is 14.2. The standard InChI is InChI=1S/C13H23N3O2S2/c1-13(2,19-5)9-15-10-7-6-8-11(12(10)14)20(17,18)16(3)4/h6-8,15H,9,14H2,1-5H3. The monoisotopic (exact) mass is 317 g/mol. The van der Waals surface area contributed by atoms with Crippen molar-refractivity contribution in [2.45, 2.75) is 23.5 Å². The molecule has 7 heteroatoms. The number of anilines is 2. The summed E-state index contributed by atoms with van der Waals surface area (Å²) < 4.78 is 25.6. The molecular weight excluding hydrogens is 294 g/mol. The van der Waals surface area contributed by atoms with E-state index in [-0.39, 0.29) is 15.3 Å². The number of para-hydroxylation sites is 1. The zero-order valence-electron chi connectivity index (χ0n) is 12.6. The molecule has 0 fully saturated rings. The van der Waals surface area contributed by atoms with Gasteiger partial charge in [-0.3, -0.25) is 0 Å². The highest BCUT2D eigenvalue weighted by molar-refractivity contribution is 7.99. The van der Waals surface area contributed by atoms with E-state index >= 15 is 0 Å². The lowest BCUT2D eigenvalue weighted by molar-refractivity contribution is 0.521. The lowest BCUT2D eigenvalue weighted by atomic mass is 10.2. The van der Waals surface area contributed by atoms with Gasteiger partial charge < -0.3 is 11.1 Å². The molecule has 0 atom stereocenters. The predicted molar refractivity (Wildman–Crippen MR) is 87.8 cm³/mol. The van der Waals surface area contributed by atoms with Crippen molar-refractivity contribution in [3.63, 3.8) is 0 Å². The molecule has 20 heavy (non-hydrogen) atoms. The van der Waals surface area contributed by atoms with Gasteiger partial charge >= 0.3 is 0 Å². The molecule has 0 saturated carbocycles. The summed E-state index contributed by atoms with van der Waals surface area (Å²) in [6, 6.07) is 5.01. The van der Waals surface area contributed by atoms with Crippen molar-refractivity contribution in [3.8, 4) is 0 Å². The van der Waals surface area contributed by atoms with Crippen LogP contribution in [0, 0.1) is 0 Å². The number of nitrogens with one attached hydrogen (secondary N) is 1. The second kappa shape index (κ2) is 6.24. The summed E-state index contributed by atoms with van der Waals surface area (Å²) in [7, 11) is -0.543. The number of sulfonamides is 1. The molecule has 0 unspecified atom stereocenters. The number of thioether (sulfide) groups is 1. The predicted octanol–water partition coefficient (Wildman–Crippen LogP) is 2.07. The average molecular weight is 317 g/mol. The molecule has 0 saturated heterocycles. The first-order valence-electron chi connectivity index (χ1n) is 6.22. The number of rotatable bonds is 6. The van der Waals surface area contributed by atoms with Crippen molar-refractivity contribution in [1.82, 2.24) is 4.31 Å². The Morgan fingerprint density at radius 2 is 1.95 bits per heavy atom. The van der Waals surface area contributed by atoms with E-state index in [4.69, 9.17) is 5.73 Å². The van der Waals surface area contributed by atoms with Crippen LogP contribution in [0.4, 0.5) is 11.4 Å². The van der Waals surface area contributed by atoms with Gasteiger partial charge in [0.2, 0.25) is 10.0 Å². The third-order valence-corrected chi connectivity index (χ3v) is 6.20. The topological polar surface area (TPSA) is 75.4 Å². The normalized spacial score (nSPS) is 12.7. The fourth-order valence-corrected chi connectivity index (χ4v) is 2.75. The lowest BCUT2D eigenvalue weighted by Crippen LogP contribution is -2.27. The summed E-state index contributed by atoms with van der Waals surface area (Å²) in [6.45, 7) is 4.92. The number of nitrogen functional groups attached to an aromatic ring is 1. The number of hydrogen-bond acceptors (Lipinski definition) is 5. The summed E-state index contributed by atoms with van der Waals surface area (Å²) in [5.74, 6) is 0. The van der Waals surface area contributed by atoms with Crippen molar-refractivity contribution in [1.29, 1.82) is 0 Å². The van der Waals surface area contributed by atoms with Gasteiger partial charge in [0.05, 0.1) is 11.4 Å². The molecule has 5 nitrogen and oxygen atoms in total. The van der Waals surface area contributed by atoms with Crippen LogP contribution in [0.5, 0.6) is 0 Å². The zero-order chi connectivity index (χ0) is 15.6. The smallest absolute Gasteiger partial charge is 0.244 e. The Bertz CT molecular complexity index is 569. The molecule has 0 spiro atoms. The highest BCUT2D eigenvalue weighted by Crippen LogP contribution is 2.29. The van der Waals surface area contributed by atoms with Crippen LogP contribution in [0.2, 0.25) is 0 Å². The van der Waals surface area contributed by atoms with Crippen molar-refractivity contribution in [3.05, 3.63) is 18.2 Å². The van der Waals surface area contributed by atoms with E-state index in [9.17, 15) is 8.42 Å². The molecule has 114 valence electrons. The van der Waals surface area contributed by atoms with E-state index in [1.165, 1.54) is 20.2 Å². The minimum Gasteiger partial charge on any atom is -0.396 e. The molecule has 0 amide bonds. The van der Waals surface area contributed by atoms with Crippen LogP contribution in [0.1, 0.15) is 13.8 Å². The van der Waals surface area contributed by atoms with E-state index in [0.717, 1.165) is 4.31 Å². The summed E-state index contributed by atoms with van der Waals surface area (Å²) >= 11 is 1.74. The molecule has 1 aromatic rings. The van der Waals surface area contributed by atoms with Crippen molar-refractivity contribution >= 4 is 33.2 Å². The lowest BCUT2D eigenvalue weighted by Gasteiger charge is -2.24. The summed E-state index contributed by atoms with van der Waals surface area (Å²) in [4.78, 5) is 0.134. The van der Waals surface area contributed by atoms with Gasteiger partial charge in [0.1, 0.15) is 4.90 Å². The quantitative estimate of drug-likeness (QED) is 0.786. The largest absolute Gasteiger partial charge is 0.396 e. The summed E-state index contributed by atoms with van der Waals surface area (Å²) in [6.07, 6.45) is 2.04. The Labute approximate surface area is 126 Å². The number of benzene rings is 1. The van der Waals surface area contributed by atoms with Gasteiger partial charge in [-0.25, -0.2) is 12.7 Å². The fraction of sp³-hybridized carbons (Fsp3) is 0.538. The number of hydrogen-bond donors (Lipinski definition) is 2. The Morgan fingerprint density at radius 3 is 2.45 bits per heavy atom. The van der Waals surface area contributed by atoms with Crippen LogP contribution in [0.3, 0.4) is 0 Å². The molecule has 0 aliphatic carbocycles. The van der Waals surface area contributed by atoms with Crippen LogP contribution >= 0.6 is 11.8 Å². The highest BCUT2D eigenvalue weighted by Gasteiger charge is 2.22. The first kappa shape index (κ1) is 17.1. The molecule has 0 aromatic heterocycles. The molecule has 1 aromatic carbocycles. The first-order valence-corrected chi connectivity index (χ1v) is 8.88. The third-order valence-electron chi connectivity index (χ3n) is 3.08. The van der Waals surface area contributed by atoms with Gasteiger partial charge in [-0.05, 0) is 32.2 Å². The molecule has 0 heterocycles. The number of nitrogens with zero attached hydrogens (tertiary/aromatic N) is 1. The van der Waals surface area contributed by atoms with Gasteiger partial charge in [0.25, 0.3) is 0 Å². The van der Waals surface area contributed by atoms with Crippen molar-refractivity contribution in [2.24, 2.45) is 0 Å². The van der Waals surface area contributed by atoms with Crippen LogP contribution in [0.15, 0.2) is 23.1 Å². The molecule has 0 bridgehead atoms. The molecule has 3 N–H and O–H groups in total. The summed E-state index contributed by atoms with van der Waals surface area (Å²) in [5, 5.41) is 3.23. The SMILES string of the molecule is CSC(C)(C)CNc1cccc(S(=O)(=O)N(C)C)c1N.